The van der Waals surface area contributed by atoms with Crippen LogP contribution in [-0.2, 0) is 6.54 Å². The van der Waals surface area contributed by atoms with Crippen LogP contribution in [0, 0.1) is 13.8 Å². The van der Waals surface area contributed by atoms with Crippen molar-refractivity contribution in [3.63, 3.8) is 0 Å². The molecule has 0 saturated carbocycles. The lowest BCUT2D eigenvalue weighted by molar-refractivity contribution is 0.555. The molecule has 0 saturated heterocycles. The normalized spacial score (nSPS) is 11.1. The highest BCUT2D eigenvalue weighted by atomic mass is 127. The van der Waals surface area contributed by atoms with Crippen molar-refractivity contribution >= 4 is 35.6 Å². The average Bonchev–Trinajstić information content (AvgIpc) is 2.99. The topological polar surface area (TPSA) is 57.5 Å². The van der Waals surface area contributed by atoms with E-state index in [1.165, 1.54) is 11.4 Å². The first kappa shape index (κ1) is 24.3. The minimum Gasteiger partial charge on any atom is -0.375 e. The van der Waals surface area contributed by atoms with Crippen molar-refractivity contribution in [2.24, 2.45) is 4.99 Å². The molecule has 0 aliphatic carbocycles. The Labute approximate surface area is 186 Å². The number of anilines is 1. The Morgan fingerprint density at radius 1 is 1.14 bits per heavy atom. The third-order valence-corrected chi connectivity index (χ3v) is 4.41. The van der Waals surface area contributed by atoms with Crippen molar-refractivity contribution in [1.29, 1.82) is 0 Å². The number of rotatable bonds is 10. The maximum absolute atomic E-state index is 4.69. The summed E-state index contributed by atoms with van der Waals surface area (Å²) in [7, 11) is 2.13. The molecule has 2 N–H and O–H groups in total. The van der Waals surface area contributed by atoms with Gasteiger partial charge in [-0.05, 0) is 51.8 Å². The Morgan fingerprint density at radius 2 is 1.89 bits per heavy atom. The molecule has 156 valence electrons. The zero-order chi connectivity index (χ0) is 19.5. The number of guanidine groups is 1. The summed E-state index contributed by atoms with van der Waals surface area (Å²) in [5, 5.41) is 11.2. The number of hydrogen-bond donors (Lipinski definition) is 2. The maximum atomic E-state index is 4.69. The van der Waals surface area contributed by atoms with Gasteiger partial charge in [-0.15, -0.1) is 24.0 Å². The molecule has 1 heterocycles. The van der Waals surface area contributed by atoms with E-state index >= 15 is 0 Å². The van der Waals surface area contributed by atoms with Gasteiger partial charge in [-0.1, -0.05) is 18.2 Å². The van der Waals surface area contributed by atoms with E-state index < -0.39 is 0 Å². The van der Waals surface area contributed by atoms with Gasteiger partial charge in [0.25, 0.3) is 0 Å². The summed E-state index contributed by atoms with van der Waals surface area (Å²) in [6, 6.07) is 12.6. The van der Waals surface area contributed by atoms with Crippen molar-refractivity contribution < 1.29 is 0 Å². The fourth-order valence-electron chi connectivity index (χ4n) is 2.99. The SMILES string of the molecule is CCNC(=NCCCN(C)c1ccccc1)NCCCn1nc(C)cc1C.I. The standard InChI is InChI=1S/C21H34N6.HI/c1-5-22-21(24-14-10-16-27-19(3)17-18(2)25-27)23-13-9-15-26(4)20-11-7-6-8-12-20;/h6-8,11-12,17H,5,9-10,13-16H2,1-4H3,(H2,22,23,24);1H. The molecule has 2 aromatic rings. The van der Waals surface area contributed by atoms with Crippen LogP contribution in [0.1, 0.15) is 31.2 Å². The number of nitrogens with zero attached hydrogens (tertiary/aromatic N) is 4. The summed E-state index contributed by atoms with van der Waals surface area (Å²) in [6.07, 6.45) is 2.04. The van der Waals surface area contributed by atoms with Crippen LogP contribution in [0.2, 0.25) is 0 Å². The average molecular weight is 498 g/mol. The fourth-order valence-corrected chi connectivity index (χ4v) is 2.99. The van der Waals surface area contributed by atoms with Crippen LogP contribution >= 0.6 is 24.0 Å². The number of aliphatic imine (C=N–C) groups is 1. The van der Waals surface area contributed by atoms with Gasteiger partial charge in [-0.3, -0.25) is 9.67 Å². The van der Waals surface area contributed by atoms with Crippen molar-refractivity contribution in [3.05, 3.63) is 47.8 Å². The monoisotopic (exact) mass is 498 g/mol. The minimum atomic E-state index is 0. The second-order valence-corrected chi connectivity index (χ2v) is 6.80. The first-order chi connectivity index (χ1) is 13.1. The van der Waals surface area contributed by atoms with Gasteiger partial charge < -0.3 is 15.5 Å². The lowest BCUT2D eigenvalue weighted by atomic mass is 10.3. The van der Waals surface area contributed by atoms with Crippen LogP contribution in [0.4, 0.5) is 5.69 Å². The molecule has 1 aromatic heterocycles. The van der Waals surface area contributed by atoms with Gasteiger partial charge >= 0.3 is 0 Å². The number of aromatic nitrogens is 2. The van der Waals surface area contributed by atoms with Gasteiger partial charge in [0.15, 0.2) is 5.96 Å². The number of aryl methyl sites for hydroxylation is 3. The third kappa shape index (κ3) is 8.50. The van der Waals surface area contributed by atoms with Crippen molar-refractivity contribution in [2.75, 3.05) is 38.1 Å². The Kier molecular flexibility index (Phi) is 11.6. The van der Waals surface area contributed by atoms with Crippen molar-refractivity contribution in [3.8, 4) is 0 Å². The molecule has 6 nitrogen and oxygen atoms in total. The van der Waals surface area contributed by atoms with E-state index in [2.05, 4.69) is 76.5 Å². The highest BCUT2D eigenvalue weighted by Gasteiger charge is 2.02. The predicted molar refractivity (Wildman–Crippen MR) is 130 cm³/mol. The lowest BCUT2D eigenvalue weighted by Gasteiger charge is -2.18. The van der Waals surface area contributed by atoms with E-state index in [0.717, 1.165) is 57.2 Å². The Hall–Kier alpha value is -1.77. The largest absolute Gasteiger partial charge is 0.375 e. The highest BCUT2D eigenvalue weighted by Crippen LogP contribution is 2.10. The Bertz CT molecular complexity index is 698. The molecule has 0 atom stereocenters. The quantitative estimate of drug-likeness (QED) is 0.228. The number of nitrogens with one attached hydrogen (secondary N) is 2. The van der Waals surface area contributed by atoms with Crippen LogP contribution in [0.15, 0.2) is 41.4 Å². The first-order valence-corrected chi connectivity index (χ1v) is 9.89. The molecule has 0 bridgehead atoms. The van der Waals surface area contributed by atoms with Crippen molar-refractivity contribution in [2.45, 2.75) is 40.2 Å². The maximum Gasteiger partial charge on any atom is 0.191 e. The molecule has 0 unspecified atom stereocenters. The molecule has 0 spiro atoms. The van der Waals surface area contributed by atoms with Crippen molar-refractivity contribution in [1.82, 2.24) is 20.4 Å². The summed E-state index contributed by atoms with van der Waals surface area (Å²) in [5.41, 5.74) is 3.54. The Morgan fingerprint density at radius 3 is 2.54 bits per heavy atom. The molecule has 0 fully saturated rings. The molecule has 0 amide bonds. The van der Waals surface area contributed by atoms with Gasteiger partial charge in [-0.2, -0.15) is 5.10 Å². The van der Waals surface area contributed by atoms with E-state index in [-0.39, 0.29) is 24.0 Å². The zero-order valence-electron chi connectivity index (χ0n) is 17.6. The number of para-hydroxylation sites is 1. The number of benzene rings is 1. The van der Waals surface area contributed by atoms with Gasteiger partial charge in [0.2, 0.25) is 0 Å². The fraction of sp³-hybridized carbons (Fsp3) is 0.524. The summed E-state index contributed by atoms with van der Waals surface area (Å²) < 4.78 is 2.07. The van der Waals surface area contributed by atoms with Crippen LogP contribution in [0.25, 0.3) is 0 Å². The molecule has 1 aromatic carbocycles. The molecular formula is C21H35IN6. The highest BCUT2D eigenvalue weighted by molar-refractivity contribution is 14.0. The van der Waals surface area contributed by atoms with Crippen LogP contribution in [0.5, 0.6) is 0 Å². The summed E-state index contributed by atoms with van der Waals surface area (Å²) in [6.45, 7) is 10.7. The molecule has 7 heteroatoms. The van der Waals surface area contributed by atoms with E-state index in [0.29, 0.717) is 0 Å². The molecule has 2 rings (SSSR count). The van der Waals surface area contributed by atoms with E-state index in [1.807, 2.05) is 13.0 Å². The van der Waals surface area contributed by atoms with E-state index in [9.17, 15) is 0 Å². The zero-order valence-corrected chi connectivity index (χ0v) is 19.9. The first-order valence-electron chi connectivity index (χ1n) is 9.89. The molecule has 28 heavy (non-hydrogen) atoms. The third-order valence-electron chi connectivity index (χ3n) is 4.41. The minimum absolute atomic E-state index is 0. The summed E-state index contributed by atoms with van der Waals surface area (Å²) in [4.78, 5) is 6.96. The summed E-state index contributed by atoms with van der Waals surface area (Å²) in [5.74, 6) is 0.897. The molecule has 0 aliphatic rings. The molecule has 0 aliphatic heterocycles. The van der Waals surface area contributed by atoms with Crippen LogP contribution in [0.3, 0.4) is 0 Å². The predicted octanol–water partition coefficient (Wildman–Crippen LogP) is 3.59. The smallest absolute Gasteiger partial charge is 0.191 e. The van der Waals surface area contributed by atoms with Crippen LogP contribution < -0.4 is 15.5 Å². The second-order valence-electron chi connectivity index (χ2n) is 6.80. The van der Waals surface area contributed by atoms with Gasteiger partial charge in [0, 0.05) is 51.2 Å². The lowest BCUT2D eigenvalue weighted by Crippen LogP contribution is -2.38. The Balaban J connectivity index is 0.00000392. The van der Waals surface area contributed by atoms with Gasteiger partial charge in [0.1, 0.15) is 0 Å². The van der Waals surface area contributed by atoms with E-state index in [1.54, 1.807) is 0 Å². The number of halogens is 1. The summed E-state index contributed by atoms with van der Waals surface area (Å²) >= 11 is 0. The second kappa shape index (κ2) is 13.4. The number of hydrogen-bond acceptors (Lipinski definition) is 3. The van der Waals surface area contributed by atoms with E-state index in [4.69, 9.17) is 4.99 Å². The molecular weight excluding hydrogens is 463 g/mol. The van der Waals surface area contributed by atoms with Gasteiger partial charge in [-0.25, -0.2) is 0 Å². The van der Waals surface area contributed by atoms with Gasteiger partial charge in [0.05, 0.1) is 5.69 Å². The van der Waals surface area contributed by atoms with Crippen LogP contribution in [-0.4, -0.2) is 49.0 Å². The molecule has 0 radical (unpaired) electrons.